The van der Waals surface area contributed by atoms with E-state index in [9.17, 15) is 0 Å². The molecule has 0 amide bonds. The van der Waals surface area contributed by atoms with Gasteiger partial charge in [0.05, 0.1) is 0 Å². The highest BCUT2D eigenvalue weighted by atomic mass is 15.2. The van der Waals surface area contributed by atoms with E-state index in [2.05, 4.69) is 31.0 Å². The molecule has 1 atom stereocenters. The van der Waals surface area contributed by atoms with E-state index in [-0.39, 0.29) is 0 Å². The van der Waals surface area contributed by atoms with Gasteiger partial charge in [-0.2, -0.15) is 0 Å². The van der Waals surface area contributed by atoms with Crippen molar-refractivity contribution in [3.05, 3.63) is 0 Å². The van der Waals surface area contributed by atoms with Gasteiger partial charge in [-0.25, -0.2) is 0 Å². The third-order valence-corrected chi connectivity index (χ3v) is 4.84. The lowest BCUT2D eigenvalue weighted by atomic mass is 9.84. The lowest BCUT2D eigenvalue weighted by molar-refractivity contribution is 0.0852. The van der Waals surface area contributed by atoms with Gasteiger partial charge < -0.3 is 5.32 Å². The Bertz CT molecular complexity index is 236. The summed E-state index contributed by atoms with van der Waals surface area (Å²) in [4.78, 5) is 2.79. The molecule has 2 fully saturated rings. The molecule has 1 saturated heterocycles. The van der Waals surface area contributed by atoms with Crippen LogP contribution in [0.25, 0.3) is 0 Å². The first-order valence-corrected chi connectivity index (χ1v) is 8.05. The first-order valence-electron chi connectivity index (χ1n) is 8.05. The van der Waals surface area contributed by atoms with Gasteiger partial charge in [0.15, 0.2) is 0 Å². The Morgan fingerprint density at radius 2 is 1.56 bits per heavy atom. The zero-order valence-corrected chi connectivity index (χ0v) is 12.7. The Hall–Kier alpha value is -0.0800. The van der Waals surface area contributed by atoms with Crippen LogP contribution in [0.3, 0.4) is 0 Å². The van der Waals surface area contributed by atoms with E-state index in [0.717, 1.165) is 6.04 Å². The number of nitrogens with one attached hydrogen (secondary N) is 1. The first-order chi connectivity index (χ1) is 8.57. The Labute approximate surface area is 114 Å². The smallest absolute Gasteiger partial charge is 0.0244 e. The molecule has 0 aromatic carbocycles. The highest BCUT2D eigenvalue weighted by Gasteiger charge is 2.31. The number of hydrogen-bond donors (Lipinski definition) is 1. The van der Waals surface area contributed by atoms with Gasteiger partial charge in [0.1, 0.15) is 0 Å². The van der Waals surface area contributed by atoms with Crippen LogP contribution in [0.1, 0.15) is 65.7 Å². The maximum absolute atomic E-state index is 3.71. The zero-order chi connectivity index (χ0) is 13.0. The molecule has 2 heteroatoms. The molecule has 106 valence electrons. The molecule has 2 nitrogen and oxygen atoms in total. The summed E-state index contributed by atoms with van der Waals surface area (Å²) in [6.07, 6.45) is 10.2. The molecule has 1 aliphatic carbocycles. The highest BCUT2D eigenvalue weighted by molar-refractivity contribution is 4.89. The summed E-state index contributed by atoms with van der Waals surface area (Å²) >= 11 is 0. The number of piperazine rings is 1. The van der Waals surface area contributed by atoms with Crippen LogP contribution in [0.2, 0.25) is 0 Å². The van der Waals surface area contributed by atoms with Crippen LogP contribution in [-0.2, 0) is 0 Å². The van der Waals surface area contributed by atoms with Crippen molar-refractivity contribution in [1.82, 2.24) is 10.2 Å². The van der Waals surface area contributed by atoms with E-state index in [1.165, 1.54) is 64.6 Å². The molecule has 1 heterocycles. The number of rotatable bonds is 1. The lowest BCUT2D eigenvalue weighted by Gasteiger charge is -2.44. The molecular formula is C16H32N2. The molecule has 1 aliphatic heterocycles. The minimum atomic E-state index is 0.389. The van der Waals surface area contributed by atoms with E-state index in [4.69, 9.17) is 0 Å². The van der Waals surface area contributed by atoms with Crippen LogP contribution < -0.4 is 5.32 Å². The Balaban J connectivity index is 1.90. The molecule has 0 aromatic heterocycles. The van der Waals surface area contributed by atoms with E-state index < -0.39 is 0 Å². The minimum Gasteiger partial charge on any atom is -0.311 e. The van der Waals surface area contributed by atoms with Crippen LogP contribution in [-0.4, -0.2) is 36.6 Å². The SMILES string of the molecule is CC(C)(C)C1CN(C2CCCCCCC2)CCN1. The molecule has 2 rings (SSSR count). The summed E-state index contributed by atoms with van der Waals surface area (Å²) in [5.74, 6) is 0. The van der Waals surface area contributed by atoms with Crippen molar-refractivity contribution in [3.8, 4) is 0 Å². The van der Waals surface area contributed by atoms with Crippen molar-refractivity contribution < 1.29 is 0 Å². The largest absolute Gasteiger partial charge is 0.311 e. The second kappa shape index (κ2) is 6.38. The predicted molar refractivity (Wildman–Crippen MR) is 78.9 cm³/mol. The molecule has 0 spiro atoms. The molecule has 18 heavy (non-hydrogen) atoms. The van der Waals surface area contributed by atoms with Crippen molar-refractivity contribution in [2.24, 2.45) is 5.41 Å². The summed E-state index contributed by atoms with van der Waals surface area (Å²) in [5, 5.41) is 3.71. The fraction of sp³-hybridized carbons (Fsp3) is 1.00. The first kappa shape index (κ1) is 14.3. The third-order valence-electron chi connectivity index (χ3n) is 4.84. The molecule has 2 aliphatic rings. The summed E-state index contributed by atoms with van der Waals surface area (Å²) in [5.41, 5.74) is 0.389. The normalized spacial score (nSPS) is 29.8. The van der Waals surface area contributed by atoms with Gasteiger partial charge in [0.2, 0.25) is 0 Å². The predicted octanol–water partition coefficient (Wildman–Crippen LogP) is 3.42. The minimum absolute atomic E-state index is 0.389. The van der Waals surface area contributed by atoms with Crippen LogP contribution >= 0.6 is 0 Å². The molecule has 1 saturated carbocycles. The Kier molecular flexibility index (Phi) is 5.08. The average molecular weight is 252 g/mol. The maximum Gasteiger partial charge on any atom is 0.0244 e. The zero-order valence-electron chi connectivity index (χ0n) is 12.7. The monoisotopic (exact) mass is 252 g/mol. The summed E-state index contributed by atoms with van der Waals surface area (Å²) < 4.78 is 0. The molecule has 1 unspecified atom stereocenters. The van der Waals surface area contributed by atoms with Gasteiger partial charge in [-0.3, -0.25) is 4.90 Å². The number of nitrogens with zero attached hydrogens (tertiary/aromatic N) is 1. The Morgan fingerprint density at radius 1 is 0.944 bits per heavy atom. The van der Waals surface area contributed by atoms with Gasteiger partial charge >= 0.3 is 0 Å². The number of hydrogen-bond acceptors (Lipinski definition) is 2. The van der Waals surface area contributed by atoms with E-state index in [1.54, 1.807) is 0 Å². The standard InChI is InChI=1S/C16H32N2/c1-16(2,3)15-13-18(12-11-17-15)14-9-7-5-4-6-8-10-14/h14-15,17H,4-13H2,1-3H3. The topological polar surface area (TPSA) is 15.3 Å². The third kappa shape index (κ3) is 3.96. The molecular weight excluding hydrogens is 220 g/mol. The molecule has 0 radical (unpaired) electrons. The summed E-state index contributed by atoms with van der Waals surface area (Å²) in [6.45, 7) is 10.8. The van der Waals surface area contributed by atoms with Gasteiger partial charge in [-0.15, -0.1) is 0 Å². The van der Waals surface area contributed by atoms with Crippen molar-refractivity contribution in [2.45, 2.75) is 77.8 Å². The fourth-order valence-electron chi connectivity index (χ4n) is 3.48. The van der Waals surface area contributed by atoms with Gasteiger partial charge in [-0.1, -0.05) is 52.9 Å². The van der Waals surface area contributed by atoms with E-state index >= 15 is 0 Å². The molecule has 0 bridgehead atoms. The van der Waals surface area contributed by atoms with E-state index in [0.29, 0.717) is 11.5 Å². The maximum atomic E-state index is 3.71. The fourth-order valence-corrected chi connectivity index (χ4v) is 3.48. The van der Waals surface area contributed by atoms with Gasteiger partial charge in [-0.05, 0) is 18.3 Å². The average Bonchev–Trinajstić information content (AvgIpc) is 2.27. The second-order valence-corrected chi connectivity index (χ2v) is 7.37. The summed E-state index contributed by atoms with van der Waals surface area (Å²) in [7, 11) is 0. The van der Waals surface area contributed by atoms with Crippen molar-refractivity contribution in [3.63, 3.8) is 0 Å². The second-order valence-electron chi connectivity index (χ2n) is 7.37. The van der Waals surface area contributed by atoms with Crippen LogP contribution in [0.5, 0.6) is 0 Å². The van der Waals surface area contributed by atoms with Crippen LogP contribution in [0.4, 0.5) is 0 Å². The van der Waals surface area contributed by atoms with E-state index in [1.807, 2.05) is 0 Å². The van der Waals surface area contributed by atoms with Crippen LogP contribution in [0, 0.1) is 5.41 Å². The van der Waals surface area contributed by atoms with Crippen LogP contribution in [0.15, 0.2) is 0 Å². The quantitative estimate of drug-likeness (QED) is 0.769. The van der Waals surface area contributed by atoms with Gasteiger partial charge in [0.25, 0.3) is 0 Å². The lowest BCUT2D eigenvalue weighted by Crippen LogP contribution is -2.58. The van der Waals surface area contributed by atoms with Gasteiger partial charge in [0, 0.05) is 31.7 Å². The van der Waals surface area contributed by atoms with Crippen molar-refractivity contribution in [1.29, 1.82) is 0 Å². The highest BCUT2D eigenvalue weighted by Crippen LogP contribution is 2.26. The molecule has 0 aromatic rings. The van der Waals surface area contributed by atoms with Crippen molar-refractivity contribution >= 4 is 0 Å². The summed E-state index contributed by atoms with van der Waals surface area (Å²) in [6, 6.07) is 1.54. The molecule has 1 N–H and O–H groups in total. The van der Waals surface area contributed by atoms with Crippen molar-refractivity contribution in [2.75, 3.05) is 19.6 Å². The Morgan fingerprint density at radius 3 is 2.17 bits per heavy atom.